The van der Waals surface area contributed by atoms with Crippen molar-refractivity contribution in [2.45, 2.75) is 32.1 Å². The lowest BCUT2D eigenvalue weighted by atomic mass is 10.2. The highest BCUT2D eigenvalue weighted by atomic mass is 16.4. The van der Waals surface area contributed by atoms with Gasteiger partial charge in [0.2, 0.25) is 0 Å². The van der Waals surface area contributed by atoms with Crippen LogP contribution in [0.1, 0.15) is 12.7 Å². The largest absolute Gasteiger partial charge is 0.479 e. The third-order valence-corrected chi connectivity index (χ3v) is 2.94. The van der Waals surface area contributed by atoms with Crippen LogP contribution in [0.25, 0.3) is 11.2 Å². The van der Waals surface area contributed by atoms with Crippen LogP contribution in [0, 0.1) is 0 Å². The molecule has 2 atom stereocenters. The van der Waals surface area contributed by atoms with Crippen molar-refractivity contribution in [2.24, 2.45) is 0 Å². The van der Waals surface area contributed by atoms with E-state index >= 15 is 0 Å². The Morgan fingerprint density at radius 2 is 2.15 bits per heavy atom. The monoisotopic (exact) mass is 281 g/mol. The van der Waals surface area contributed by atoms with Gasteiger partial charge < -0.3 is 25.6 Å². The molecule has 0 aliphatic heterocycles. The minimum absolute atomic E-state index is 0.149. The van der Waals surface area contributed by atoms with Gasteiger partial charge in [0.1, 0.15) is 18.3 Å². The summed E-state index contributed by atoms with van der Waals surface area (Å²) in [5.41, 5.74) is 6.48. The van der Waals surface area contributed by atoms with Crippen LogP contribution in [0.5, 0.6) is 0 Å². The Morgan fingerprint density at radius 1 is 1.45 bits per heavy atom. The van der Waals surface area contributed by atoms with Gasteiger partial charge in [-0.1, -0.05) is 6.92 Å². The molecule has 20 heavy (non-hydrogen) atoms. The molecular weight excluding hydrogens is 266 g/mol. The predicted molar refractivity (Wildman–Crippen MR) is 68.8 cm³/mol. The topological polar surface area (TPSA) is 147 Å². The lowest BCUT2D eigenvalue weighted by Gasteiger charge is -2.16. The maximum Gasteiger partial charge on any atom is 0.335 e. The van der Waals surface area contributed by atoms with Crippen LogP contribution in [0.4, 0.5) is 5.82 Å². The highest BCUT2D eigenvalue weighted by Crippen LogP contribution is 2.19. The summed E-state index contributed by atoms with van der Waals surface area (Å²) in [6, 6.07) is 0. The molecule has 0 fully saturated rings. The van der Waals surface area contributed by atoms with Gasteiger partial charge in [-0.15, -0.1) is 0 Å². The van der Waals surface area contributed by atoms with Gasteiger partial charge in [-0.05, 0) is 0 Å². The second kappa shape index (κ2) is 5.39. The molecule has 0 bridgehead atoms. The van der Waals surface area contributed by atoms with Gasteiger partial charge >= 0.3 is 5.97 Å². The Kier molecular flexibility index (Phi) is 3.81. The van der Waals surface area contributed by atoms with Gasteiger partial charge in [-0.25, -0.2) is 19.7 Å². The number of nitrogens with zero attached hydrogens (tertiary/aromatic N) is 4. The summed E-state index contributed by atoms with van der Waals surface area (Å²) in [6.07, 6.45) is -1.57. The molecule has 0 saturated heterocycles. The predicted octanol–water partition coefficient (Wildman–Crippen LogP) is -1.22. The van der Waals surface area contributed by atoms with E-state index in [1.165, 1.54) is 10.9 Å². The van der Waals surface area contributed by atoms with Crippen molar-refractivity contribution < 1.29 is 20.1 Å². The average molecular weight is 281 g/mol. The van der Waals surface area contributed by atoms with E-state index in [9.17, 15) is 15.0 Å². The first-order valence-electron chi connectivity index (χ1n) is 6.00. The number of rotatable bonds is 5. The number of hydrogen-bond donors (Lipinski definition) is 4. The van der Waals surface area contributed by atoms with Gasteiger partial charge in [0.25, 0.3) is 0 Å². The maximum atomic E-state index is 10.7. The lowest BCUT2D eigenvalue weighted by Crippen LogP contribution is -2.37. The standard InChI is InChI=1S/C11H15N5O4/c1-2-6-15-7-9(12)13-4-14-10(7)16(6)3-5(17)8(18)11(19)20/h4-5,8,17-18H,2-3H2,1H3,(H,19,20)(H2,12,13,14)/t5-,8-/m1/s1. The van der Waals surface area contributed by atoms with Crippen LogP contribution in [-0.2, 0) is 17.8 Å². The number of imidazole rings is 1. The highest BCUT2D eigenvalue weighted by molar-refractivity contribution is 5.81. The molecule has 0 radical (unpaired) electrons. The second-order valence-electron chi connectivity index (χ2n) is 4.27. The molecule has 0 amide bonds. The van der Waals surface area contributed by atoms with Crippen LogP contribution in [0.15, 0.2) is 6.33 Å². The third kappa shape index (κ3) is 2.40. The summed E-state index contributed by atoms with van der Waals surface area (Å²) < 4.78 is 1.53. The smallest absolute Gasteiger partial charge is 0.335 e. The molecule has 0 aliphatic carbocycles. The Balaban J connectivity index is 2.43. The average Bonchev–Trinajstić information content (AvgIpc) is 2.77. The van der Waals surface area contributed by atoms with Crippen molar-refractivity contribution in [2.75, 3.05) is 5.73 Å². The lowest BCUT2D eigenvalue weighted by molar-refractivity contribution is -0.153. The zero-order valence-electron chi connectivity index (χ0n) is 10.8. The minimum Gasteiger partial charge on any atom is -0.479 e. The van der Waals surface area contributed by atoms with Crippen LogP contribution < -0.4 is 5.73 Å². The number of carboxylic acids is 1. The van der Waals surface area contributed by atoms with Crippen molar-refractivity contribution in [1.29, 1.82) is 0 Å². The van der Waals surface area contributed by atoms with Gasteiger partial charge in [0.05, 0.1) is 6.54 Å². The Hall–Kier alpha value is -2.26. The number of aliphatic hydroxyl groups is 2. The van der Waals surface area contributed by atoms with E-state index in [2.05, 4.69) is 15.0 Å². The number of fused-ring (bicyclic) bond motifs is 1. The minimum atomic E-state index is -1.88. The van der Waals surface area contributed by atoms with Gasteiger partial charge in [-0.3, -0.25) is 0 Å². The van der Waals surface area contributed by atoms with Gasteiger partial charge in [0, 0.05) is 6.42 Å². The van der Waals surface area contributed by atoms with Crippen LogP contribution in [0.2, 0.25) is 0 Å². The van der Waals surface area contributed by atoms with Crippen molar-refractivity contribution in [3.8, 4) is 0 Å². The van der Waals surface area contributed by atoms with Crippen molar-refractivity contribution in [3.63, 3.8) is 0 Å². The molecular formula is C11H15N5O4. The SMILES string of the molecule is CCc1nc2c(N)ncnc2n1C[C@@H](O)[C@@H](O)C(=O)O. The number of hydrogen-bond acceptors (Lipinski definition) is 7. The number of aliphatic carboxylic acids is 1. The van der Waals surface area contributed by atoms with E-state index in [1.54, 1.807) is 0 Å². The van der Waals surface area contributed by atoms with Crippen LogP contribution in [-0.4, -0.2) is 53.0 Å². The number of anilines is 1. The van der Waals surface area contributed by atoms with E-state index in [-0.39, 0.29) is 12.4 Å². The Labute approximate surface area is 113 Å². The summed E-state index contributed by atoms with van der Waals surface area (Å²) in [6.45, 7) is 1.70. The normalized spacial score (nSPS) is 14.3. The first-order chi connectivity index (χ1) is 9.45. The molecule has 0 unspecified atom stereocenters. The van der Waals surface area contributed by atoms with Crippen LogP contribution in [0.3, 0.4) is 0 Å². The van der Waals surface area contributed by atoms with Crippen LogP contribution >= 0.6 is 0 Å². The third-order valence-electron chi connectivity index (χ3n) is 2.94. The summed E-state index contributed by atoms with van der Waals surface area (Å²) in [5, 5.41) is 27.8. The zero-order chi connectivity index (χ0) is 14.9. The second-order valence-corrected chi connectivity index (χ2v) is 4.27. The fourth-order valence-corrected chi connectivity index (χ4v) is 1.91. The van der Waals surface area contributed by atoms with Crippen molar-refractivity contribution >= 4 is 23.0 Å². The molecule has 0 aromatic carbocycles. The number of nitrogens with two attached hydrogens (primary N) is 1. The molecule has 9 heteroatoms. The maximum absolute atomic E-state index is 10.7. The Bertz CT molecular complexity index is 641. The fourth-order valence-electron chi connectivity index (χ4n) is 1.91. The first-order valence-corrected chi connectivity index (χ1v) is 6.00. The molecule has 0 spiro atoms. The number of aliphatic hydroxyl groups excluding tert-OH is 2. The van der Waals surface area contributed by atoms with Gasteiger partial charge in [0.15, 0.2) is 23.1 Å². The molecule has 2 heterocycles. The Morgan fingerprint density at radius 3 is 2.75 bits per heavy atom. The number of carboxylic acid groups (broad SMARTS) is 1. The van der Waals surface area contributed by atoms with Crippen molar-refractivity contribution in [3.05, 3.63) is 12.2 Å². The molecule has 108 valence electrons. The van der Waals surface area contributed by atoms with E-state index in [0.29, 0.717) is 23.4 Å². The molecule has 0 aliphatic rings. The first kappa shape index (κ1) is 14.2. The fraction of sp³-hybridized carbons (Fsp3) is 0.455. The molecule has 2 aromatic heterocycles. The van der Waals surface area contributed by atoms with E-state index in [0.717, 1.165) is 0 Å². The number of aromatic nitrogens is 4. The molecule has 2 rings (SSSR count). The quantitative estimate of drug-likeness (QED) is 0.533. The summed E-state index contributed by atoms with van der Waals surface area (Å²) in [4.78, 5) is 22.8. The molecule has 0 saturated carbocycles. The summed E-state index contributed by atoms with van der Waals surface area (Å²) >= 11 is 0. The number of aryl methyl sites for hydroxylation is 1. The van der Waals surface area contributed by atoms with Crippen molar-refractivity contribution in [1.82, 2.24) is 19.5 Å². The number of carbonyl (C=O) groups is 1. The van der Waals surface area contributed by atoms with E-state index < -0.39 is 18.2 Å². The summed E-state index contributed by atoms with van der Waals surface area (Å²) in [7, 11) is 0. The summed E-state index contributed by atoms with van der Waals surface area (Å²) in [5.74, 6) is -0.713. The zero-order valence-corrected chi connectivity index (χ0v) is 10.8. The number of nitrogen functional groups attached to an aromatic ring is 1. The molecule has 9 nitrogen and oxygen atoms in total. The molecule has 5 N–H and O–H groups in total. The van der Waals surface area contributed by atoms with E-state index in [4.69, 9.17) is 10.8 Å². The van der Waals surface area contributed by atoms with E-state index in [1.807, 2.05) is 6.92 Å². The molecule has 2 aromatic rings. The highest BCUT2D eigenvalue weighted by Gasteiger charge is 2.26. The van der Waals surface area contributed by atoms with Gasteiger partial charge in [-0.2, -0.15) is 0 Å².